The van der Waals surface area contributed by atoms with Crippen molar-refractivity contribution in [1.82, 2.24) is 0 Å². The topological polar surface area (TPSA) is 35.5 Å². The Balaban J connectivity index is 1.90. The first-order valence-corrected chi connectivity index (χ1v) is 6.77. The Morgan fingerprint density at radius 2 is 1.57 bits per heavy atom. The third-order valence-corrected chi connectivity index (χ3v) is 2.70. The summed E-state index contributed by atoms with van der Waals surface area (Å²) < 4.78 is 10.8. The largest absolute Gasteiger partial charge is 0.489 e. The van der Waals surface area contributed by atoms with E-state index >= 15 is 0 Å². The zero-order valence-electron chi connectivity index (χ0n) is 12.2. The Morgan fingerprint density at radius 3 is 2.19 bits per heavy atom. The van der Waals surface area contributed by atoms with Crippen LogP contribution in [0.5, 0.6) is 11.5 Å². The number of esters is 1. The van der Waals surface area contributed by atoms with Crippen molar-refractivity contribution in [3.05, 3.63) is 71.8 Å². The van der Waals surface area contributed by atoms with Crippen LogP contribution in [0, 0.1) is 0 Å². The van der Waals surface area contributed by atoms with Crippen LogP contribution < -0.4 is 9.47 Å². The summed E-state index contributed by atoms with van der Waals surface area (Å²) in [5.41, 5.74) is 2.01. The summed E-state index contributed by atoms with van der Waals surface area (Å²) in [5, 5.41) is 0. The van der Waals surface area contributed by atoms with E-state index in [0.29, 0.717) is 12.4 Å². The van der Waals surface area contributed by atoms with Gasteiger partial charge in [0, 0.05) is 6.08 Å². The van der Waals surface area contributed by atoms with Crippen LogP contribution >= 0.6 is 0 Å². The van der Waals surface area contributed by atoms with Gasteiger partial charge < -0.3 is 9.47 Å². The molecule has 0 unspecified atom stereocenters. The van der Waals surface area contributed by atoms with E-state index in [1.807, 2.05) is 44.2 Å². The maximum Gasteiger partial charge on any atom is 0.336 e. The van der Waals surface area contributed by atoms with E-state index in [4.69, 9.17) is 9.47 Å². The molecule has 0 fully saturated rings. The van der Waals surface area contributed by atoms with Gasteiger partial charge in [-0.15, -0.1) is 0 Å². The lowest BCUT2D eigenvalue weighted by Gasteiger charge is -2.07. The minimum atomic E-state index is -0.368. The highest BCUT2D eigenvalue weighted by atomic mass is 16.5. The van der Waals surface area contributed by atoms with E-state index in [9.17, 15) is 4.79 Å². The number of allylic oxidation sites excluding steroid dienone is 1. The third-order valence-electron chi connectivity index (χ3n) is 2.70. The number of ether oxygens (including phenoxy) is 2. The van der Waals surface area contributed by atoms with Crippen molar-refractivity contribution in [3.8, 4) is 11.5 Å². The predicted octanol–water partition coefficient (Wildman–Crippen LogP) is 4.14. The molecule has 21 heavy (non-hydrogen) atoms. The van der Waals surface area contributed by atoms with Gasteiger partial charge in [-0.2, -0.15) is 0 Å². The molecular formula is C18H18O3. The molecule has 0 aliphatic heterocycles. The van der Waals surface area contributed by atoms with Crippen molar-refractivity contribution >= 4 is 5.97 Å². The van der Waals surface area contributed by atoms with Gasteiger partial charge in [-0.1, -0.05) is 35.9 Å². The molecule has 108 valence electrons. The molecule has 3 heteroatoms. The van der Waals surface area contributed by atoms with Gasteiger partial charge in [-0.3, -0.25) is 0 Å². The second-order valence-electron chi connectivity index (χ2n) is 4.89. The molecule has 0 aliphatic rings. The van der Waals surface area contributed by atoms with Gasteiger partial charge in [0.15, 0.2) is 0 Å². The monoisotopic (exact) mass is 282 g/mol. The summed E-state index contributed by atoms with van der Waals surface area (Å²) in [6.07, 6.45) is 1.46. The zero-order valence-corrected chi connectivity index (χ0v) is 12.2. The molecule has 2 aromatic rings. The van der Waals surface area contributed by atoms with Crippen molar-refractivity contribution in [2.75, 3.05) is 0 Å². The molecule has 0 saturated carbocycles. The molecule has 2 aromatic carbocycles. The minimum Gasteiger partial charge on any atom is -0.489 e. The standard InChI is InChI=1S/C18H18O3/c1-14(2)12-18(19)21-17-10-8-16(9-11-17)20-13-15-6-4-3-5-7-15/h3-12H,13H2,1-2H3. The Bertz CT molecular complexity index is 609. The summed E-state index contributed by atoms with van der Waals surface area (Å²) >= 11 is 0. The Kier molecular flexibility index (Phi) is 5.16. The molecular weight excluding hydrogens is 264 g/mol. The molecule has 0 aromatic heterocycles. The van der Waals surface area contributed by atoms with E-state index in [1.54, 1.807) is 24.3 Å². The average molecular weight is 282 g/mol. The van der Waals surface area contributed by atoms with Gasteiger partial charge >= 0.3 is 5.97 Å². The fraction of sp³-hybridized carbons (Fsp3) is 0.167. The number of carbonyl (C=O) groups excluding carboxylic acids is 1. The SMILES string of the molecule is CC(C)=CC(=O)Oc1ccc(OCc2ccccc2)cc1. The van der Waals surface area contributed by atoms with Gasteiger partial charge in [0.2, 0.25) is 0 Å². The quantitative estimate of drug-likeness (QED) is 0.470. The molecule has 0 bridgehead atoms. The number of benzene rings is 2. The number of rotatable bonds is 5. The predicted molar refractivity (Wildman–Crippen MR) is 82.3 cm³/mol. The molecule has 0 saturated heterocycles. The second kappa shape index (κ2) is 7.29. The van der Waals surface area contributed by atoms with Crippen LogP contribution in [-0.2, 0) is 11.4 Å². The fourth-order valence-corrected chi connectivity index (χ4v) is 1.73. The van der Waals surface area contributed by atoms with Crippen molar-refractivity contribution in [1.29, 1.82) is 0 Å². The first-order valence-electron chi connectivity index (χ1n) is 6.77. The summed E-state index contributed by atoms with van der Waals surface area (Å²) in [6, 6.07) is 17.0. The zero-order chi connectivity index (χ0) is 15.1. The fourth-order valence-electron chi connectivity index (χ4n) is 1.73. The van der Waals surface area contributed by atoms with E-state index in [-0.39, 0.29) is 5.97 Å². The lowest BCUT2D eigenvalue weighted by atomic mass is 10.2. The first-order chi connectivity index (χ1) is 10.1. The van der Waals surface area contributed by atoms with Crippen LogP contribution in [-0.4, -0.2) is 5.97 Å². The first kappa shape index (κ1) is 14.9. The third kappa shape index (κ3) is 5.15. The lowest BCUT2D eigenvalue weighted by Crippen LogP contribution is -2.04. The Morgan fingerprint density at radius 1 is 0.952 bits per heavy atom. The van der Waals surface area contributed by atoms with Gasteiger partial charge in [0.25, 0.3) is 0 Å². The van der Waals surface area contributed by atoms with Gasteiger partial charge in [-0.05, 0) is 43.7 Å². The molecule has 0 spiro atoms. The summed E-state index contributed by atoms with van der Waals surface area (Å²) in [6.45, 7) is 4.21. The van der Waals surface area contributed by atoms with Crippen molar-refractivity contribution in [2.45, 2.75) is 20.5 Å². The van der Waals surface area contributed by atoms with E-state index < -0.39 is 0 Å². The highest BCUT2D eigenvalue weighted by Gasteiger charge is 2.02. The van der Waals surface area contributed by atoms with Gasteiger partial charge in [-0.25, -0.2) is 4.79 Å². The van der Waals surface area contributed by atoms with E-state index in [0.717, 1.165) is 16.9 Å². The Labute approximate surface area is 124 Å². The van der Waals surface area contributed by atoms with Crippen LogP contribution in [0.3, 0.4) is 0 Å². The molecule has 0 aliphatic carbocycles. The van der Waals surface area contributed by atoms with Crippen LogP contribution in [0.4, 0.5) is 0 Å². The molecule has 0 atom stereocenters. The highest BCUT2D eigenvalue weighted by Crippen LogP contribution is 2.19. The molecule has 0 amide bonds. The molecule has 0 heterocycles. The van der Waals surface area contributed by atoms with Crippen molar-refractivity contribution in [3.63, 3.8) is 0 Å². The van der Waals surface area contributed by atoms with Gasteiger partial charge in [0.1, 0.15) is 18.1 Å². The van der Waals surface area contributed by atoms with Crippen molar-refractivity contribution in [2.24, 2.45) is 0 Å². The minimum absolute atomic E-state index is 0.368. The van der Waals surface area contributed by atoms with Crippen LogP contribution in [0.15, 0.2) is 66.2 Å². The van der Waals surface area contributed by atoms with Crippen LogP contribution in [0.1, 0.15) is 19.4 Å². The molecule has 2 rings (SSSR count). The summed E-state index contributed by atoms with van der Waals surface area (Å²) in [7, 11) is 0. The maximum atomic E-state index is 11.5. The molecule has 3 nitrogen and oxygen atoms in total. The average Bonchev–Trinajstić information content (AvgIpc) is 2.47. The van der Waals surface area contributed by atoms with E-state index in [2.05, 4.69) is 0 Å². The van der Waals surface area contributed by atoms with Gasteiger partial charge in [0.05, 0.1) is 0 Å². The molecule has 0 N–H and O–H groups in total. The smallest absolute Gasteiger partial charge is 0.336 e. The van der Waals surface area contributed by atoms with Crippen LogP contribution in [0.25, 0.3) is 0 Å². The number of hydrogen-bond donors (Lipinski definition) is 0. The normalized spacial score (nSPS) is 9.81. The summed E-state index contributed by atoms with van der Waals surface area (Å²) in [4.78, 5) is 11.5. The number of hydrogen-bond acceptors (Lipinski definition) is 3. The number of carbonyl (C=O) groups is 1. The Hall–Kier alpha value is -2.55. The second-order valence-corrected chi connectivity index (χ2v) is 4.89. The lowest BCUT2D eigenvalue weighted by molar-refractivity contribution is -0.129. The van der Waals surface area contributed by atoms with Crippen LogP contribution in [0.2, 0.25) is 0 Å². The highest BCUT2D eigenvalue weighted by molar-refractivity contribution is 5.84. The van der Waals surface area contributed by atoms with Crippen molar-refractivity contribution < 1.29 is 14.3 Å². The maximum absolute atomic E-state index is 11.5. The summed E-state index contributed by atoms with van der Waals surface area (Å²) in [5.74, 6) is 0.874. The molecule has 0 radical (unpaired) electrons. The van der Waals surface area contributed by atoms with E-state index in [1.165, 1.54) is 6.08 Å².